The van der Waals surface area contributed by atoms with Gasteiger partial charge < -0.3 is 14.3 Å². The van der Waals surface area contributed by atoms with E-state index in [9.17, 15) is 14.4 Å². The number of hydrogen-bond acceptors (Lipinski definition) is 5. The van der Waals surface area contributed by atoms with Gasteiger partial charge in [0.25, 0.3) is 0 Å². The third-order valence-corrected chi connectivity index (χ3v) is 3.80. The van der Waals surface area contributed by atoms with Crippen LogP contribution in [0.25, 0.3) is 0 Å². The van der Waals surface area contributed by atoms with Gasteiger partial charge in [0, 0.05) is 5.92 Å². The summed E-state index contributed by atoms with van der Waals surface area (Å²) in [6, 6.07) is 9.02. The fourth-order valence-electron chi connectivity index (χ4n) is 2.84. The molecule has 0 bridgehead atoms. The number of ether oxygens (including phenoxy) is 2. The van der Waals surface area contributed by atoms with E-state index in [1.807, 2.05) is 6.07 Å². The van der Waals surface area contributed by atoms with Gasteiger partial charge in [-0.3, -0.25) is 9.59 Å². The lowest BCUT2D eigenvalue weighted by molar-refractivity contribution is -0.165. The van der Waals surface area contributed by atoms with E-state index < -0.39 is 29.2 Å². The van der Waals surface area contributed by atoms with E-state index in [4.69, 9.17) is 9.47 Å². The van der Waals surface area contributed by atoms with Crippen LogP contribution in [0.1, 0.15) is 25.3 Å². The largest absolute Gasteiger partial charge is 0.465 e. The quantitative estimate of drug-likeness (QED) is 0.453. The first-order valence-electron chi connectivity index (χ1n) is 6.99. The second-order valence-electron chi connectivity index (χ2n) is 4.86. The van der Waals surface area contributed by atoms with E-state index in [1.165, 1.54) is 0 Å². The molecule has 0 heterocycles. The van der Waals surface area contributed by atoms with E-state index in [1.54, 1.807) is 38.1 Å². The summed E-state index contributed by atoms with van der Waals surface area (Å²) in [5, 5.41) is 0. The number of rotatable bonds is 6. The number of aldehydes is 1. The molecule has 0 aliphatic heterocycles. The lowest BCUT2D eigenvalue weighted by Gasteiger charge is -2.14. The van der Waals surface area contributed by atoms with E-state index in [0.717, 1.165) is 5.56 Å². The molecule has 1 aliphatic carbocycles. The van der Waals surface area contributed by atoms with Gasteiger partial charge in [-0.2, -0.15) is 0 Å². The number of carbonyl (C=O) groups is 3. The van der Waals surface area contributed by atoms with E-state index in [0.29, 0.717) is 6.29 Å². The van der Waals surface area contributed by atoms with Crippen molar-refractivity contribution in [1.29, 1.82) is 0 Å². The normalized spacial score (nSPS) is 22.2. The van der Waals surface area contributed by atoms with Crippen molar-refractivity contribution < 1.29 is 23.9 Å². The summed E-state index contributed by atoms with van der Waals surface area (Å²) in [6.45, 7) is 3.61. The zero-order chi connectivity index (χ0) is 15.5. The van der Waals surface area contributed by atoms with Gasteiger partial charge in [-0.25, -0.2) is 0 Å². The fourth-order valence-corrected chi connectivity index (χ4v) is 2.84. The predicted molar refractivity (Wildman–Crippen MR) is 74.4 cm³/mol. The molecule has 1 aliphatic rings. The van der Waals surface area contributed by atoms with Crippen LogP contribution in [0.5, 0.6) is 0 Å². The van der Waals surface area contributed by atoms with Gasteiger partial charge in [-0.15, -0.1) is 0 Å². The summed E-state index contributed by atoms with van der Waals surface area (Å²) in [7, 11) is 0. The third-order valence-electron chi connectivity index (χ3n) is 3.80. The topological polar surface area (TPSA) is 69.7 Å². The molecule has 1 aromatic carbocycles. The molecule has 0 radical (unpaired) electrons. The molecule has 2 atom stereocenters. The summed E-state index contributed by atoms with van der Waals surface area (Å²) in [4.78, 5) is 36.0. The van der Waals surface area contributed by atoms with Crippen molar-refractivity contribution in [1.82, 2.24) is 0 Å². The van der Waals surface area contributed by atoms with Gasteiger partial charge >= 0.3 is 11.9 Å². The predicted octanol–water partition coefficient (Wildman–Crippen LogP) is 1.71. The molecule has 1 fully saturated rings. The maximum Gasteiger partial charge on any atom is 0.324 e. The Balaban J connectivity index is 2.42. The Labute approximate surface area is 123 Å². The van der Waals surface area contributed by atoms with Crippen LogP contribution in [-0.4, -0.2) is 31.4 Å². The second kappa shape index (κ2) is 6.08. The molecule has 5 nitrogen and oxygen atoms in total. The zero-order valence-electron chi connectivity index (χ0n) is 12.1. The first-order chi connectivity index (χ1) is 10.1. The Hall–Kier alpha value is -2.17. The minimum absolute atomic E-state index is 0.146. The van der Waals surface area contributed by atoms with E-state index in [-0.39, 0.29) is 13.2 Å². The van der Waals surface area contributed by atoms with Crippen molar-refractivity contribution in [2.45, 2.75) is 19.8 Å². The molecule has 1 saturated carbocycles. The monoisotopic (exact) mass is 290 g/mol. The summed E-state index contributed by atoms with van der Waals surface area (Å²) in [6.07, 6.45) is 0.644. The molecule has 0 amide bonds. The SMILES string of the molecule is CCOC(=O)C1(C(=O)OCC)C(C=O)C1c1ccccc1. The Morgan fingerprint density at radius 1 is 1.10 bits per heavy atom. The Morgan fingerprint density at radius 3 is 2.05 bits per heavy atom. The molecule has 21 heavy (non-hydrogen) atoms. The molecular weight excluding hydrogens is 272 g/mol. The van der Waals surface area contributed by atoms with Gasteiger partial charge in [0.15, 0.2) is 5.41 Å². The van der Waals surface area contributed by atoms with Crippen molar-refractivity contribution in [2.24, 2.45) is 11.3 Å². The van der Waals surface area contributed by atoms with Gasteiger partial charge in [-0.1, -0.05) is 30.3 Å². The number of benzene rings is 1. The van der Waals surface area contributed by atoms with Gasteiger partial charge in [0.05, 0.1) is 19.1 Å². The molecule has 0 spiro atoms. The smallest absolute Gasteiger partial charge is 0.324 e. The van der Waals surface area contributed by atoms with Crippen molar-refractivity contribution in [2.75, 3.05) is 13.2 Å². The maximum atomic E-state index is 12.3. The van der Waals surface area contributed by atoms with Crippen molar-refractivity contribution in [3.8, 4) is 0 Å². The molecule has 0 N–H and O–H groups in total. The Bertz CT molecular complexity index is 519. The highest BCUT2D eigenvalue weighted by atomic mass is 16.6. The molecule has 2 unspecified atom stereocenters. The first kappa shape index (κ1) is 15.2. The lowest BCUT2D eigenvalue weighted by atomic mass is 9.99. The molecule has 112 valence electrons. The van der Waals surface area contributed by atoms with Gasteiger partial charge in [0.2, 0.25) is 0 Å². The van der Waals surface area contributed by atoms with Crippen LogP contribution < -0.4 is 0 Å². The molecule has 2 rings (SSSR count). The van der Waals surface area contributed by atoms with Crippen LogP contribution in [0.15, 0.2) is 30.3 Å². The molecule has 1 aromatic rings. The van der Waals surface area contributed by atoms with Crippen molar-refractivity contribution in [3.63, 3.8) is 0 Å². The van der Waals surface area contributed by atoms with Crippen molar-refractivity contribution >= 4 is 18.2 Å². The molecule has 5 heteroatoms. The number of hydrogen-bond donors (Lipinski definition) is 0. The highest BCUT2D eigenvalue weighted by Gasteiger charge is 2.77. The van der Waals surface area contributed by atoms with Crippen LogP contribution >= 0.6 is 0 Å². The maximum absolute atomic E-state index is 12.3. The highest BCUT2D eigenvalue weighted by Crippen LogP contribution is 2.65. The summed E-state index contributed by atoms with van der Waals surface area (Å²) in [5.41, 5.74) is -0.773. The average Bonchev–Trinajstić information content (AvgIpc) is 3.19. The minimum atomic E-state index is -1.53. The van der Waals surface area contributed by atoms with Crippen LogP contribution in [0, 0.1) is 11.3 Å². The molecule has 0 saturated heterocycles. The third kappa shape index (κ3) is 2.33. The van der Waals surface area contributed by atoms with Crippen LogP contribution in [0.2, 0.25) is 0 Å². The highest BCUT2D eigenvalue weighted by molar-refractivity contribution is 6.09. The summed E-state index contributed by atoms with van der Waals surface area (Å²) < 4.78 is 10.0. The van der Waals surface area contributed by atoms with Crippen LogP contribution in [-0.2, 0) is 23.9 Å². The minimum Gasteiger partial charge on any atom is -0.465 e. The average molecular weight is 290 g/mol. The first-order valence-corrected chi connectivity index (χ1v) is 6.99. The van der Waals surface area contributed by atoms with Crippen LogP contribution in [0.4, 0.5) is 0 Å². The lowest BCUT2D eigenvalue weighted by Crippen LogP contribution is -2.33. The Kier molecular flexibility index (Phi) is 4.40. The Morgan fingerprint density at radius 2 is 1.62 bits per heavy atom. The standard InChI is InChI=1S/C16H18O5/c1-3-20-14(18)16(15(19)21-4-2)12(10-17)13(16)11-8-6-5-7-9-11/h5-10,12-13H,3-4H2,1-2H3. The number of carbonyl (C=O) groups excluding carboxylic acids is 3. The zero-order valence-corrected chi connectivity index (χ0v) is 12.1. The summed E-state index contributed by atoms with van der Waals surface area (Å²) in [5.74, 6) is -2.63. The van der Waals surface area contributed by atoms with E-state index in [2.05, 4.69) is 0 Å². The van der Waals surface area contributed by atoms with Gasteiger partial charge in [0.1, 0.15) is 6.29 Å². The fraction of sp³-hybridized carbons (Fsp3) is 0.438. The molecular formula is C16H18O5. The van der Waals surface area contributed by atoms with Gasteiger partial charge in [-0.05, 0) is 19.4 Å². The second-order valence-corrected chi connectivity index (χ2v) is 4.86. The molecule has 0 aromatic heterocycles. The summed E-state index contributed by atoms with van der Waals surface area (Å²) >= 11 is 0. The van der Waals surface area contributed by atoms with Crippen LogP contribution in [0.3, 0.4) is 0 Å². The number of esters is 2. The van der Waals surface area contributed by atoms with E-state index >= 15 is 0 Å². The van der Waals surface area contributed by atoms with Crippen molar-refractivity contribution in [3.05, 3.63) is 35.9 Å².